The second-order valence-electron chi connectivity index (χ2n) is 10.5. The SMILES string of the molecule is O=C(C=CCN1CC2OCCOC2C1)Nc1cc2c(Nc3ccc(F)c(Cl)c3)ncnc2cc1C#CC1CCOCC1. The Morgan fingerprint density at radius 2 is 1.88 bits per heavy atom. The first-order chi connectivity index (χ1) is 20.5. The third-order valence-electron chi connectivity index (χ3n) is 7.52. The molecule has 2 aromatic carbocycles. The molecule has 3 saturated heterocycles. The Hall–Kier alpha value is -3.59. The maximum absolute atomic E-state index is 13.7. The lowest BCUT2D eigenvalue weighted by atomic mass is 10.00. The van der Waals surface area contributed by atoms with Crippen molar-refractivity contribution in [1.29, 1.82) is 0 Å². The largest absolute Gasteiger partial charge is 0.381 e. The Labute approximate surface area is 248 Å². The number of ether oxygens (including phenoxy) is 3. The van der Waals surface area contributed by atoms with Gasteiger partial charge in [0, 0.05) is 55.9 Å². The molecule has 3 aromatic rings. The van der Waals surface area contributed by atoms with Crippen molar-refractivity contribution < 1.29 is 23.4 Å². The number of aromatic nitrogens is 2. The summed E-state index contributed by atoms with van der Waals surface area (Å²) in [4.78, 5) is 24.1. The fourth-order valence-corrected chi connectivity index (χ4v) is 5.49. The highest BCUT2D eigenvalue weighted by atomic mass is 35.5. The van der Waals surface area contributed by atoms with Crippen LogP contribution in [0.1, 0.15) is 18.4 Å². The first-order valence-corrected chi connectivity index (χ1v) is 14.4. The summed E-state index contributed by atoms with van der Waals surface area (Å²) in [5, 5.41) is 6.84. The van der Waals surface area contributed by atoms with Crippen LogP contribution >= 0.6 is 11.6 Å². The van der Waals surface area contributed by atoms with Gasteiger partial charge in [-0.3, -0.25) is 9.69 Å². The molecule has 6 rings (SSSR count). The number of halogens is 2. The topological polar surface area (TPSA) is 97.8 Å². The zero-order valence-corrected chi connectivity index (χ0v) is 23.7. The lowest BCUT2D eigenvalue weighted by molar-refractivity contribution is -0.116. The zero-order chi connectivity index (χ0) is 28.9. The lowest BCUT2D eigenvalue weighted by Gasteiger charge is -2.24. The number of amides is 1. The van der Waals surface area contributed by atoms with Gasteiger partial charge >= 0.3 is 0 Å². The molecule has 0 spiro atoms. The highest BCUT2D eigenvalue weighted by Gasteiger charge is 2.35. The number of nitrogens with zero attached hydrogens (tertiary/aromatic N) is 3. The van der Waals surface area contributed by atoms with Gasteiger partial charge in [-0.05, 0) is 43.2 Å². The van der Waals surface area contributed by atoms with Gasteiger partial charge in [0.05, 0.1) is 47.2 Å². The third-order valence-corrected chi connectivity index (χ3v) is 7.81. The molecular formula is C31H31ClFN5O4. The van der Waals surface area contributed by atoms with Crippen LogP contribution in [0.25, 0.3) is 10.9 Å². The molecule has 1 amide bonds. The van der Waals surface area contributed by atoms with E-state index in [2.05, 4.69) is 37.3 Å². The van der Waals surface area contributed by atoms with E-state index in [1.165, 1.54) is 24.5 Å². The standard InChI is InChI=1S/C31H31ClFN5O4/c32-24-15-22(5-6-25(24)33)36-31-23-16-26(21(14-27(23)34-19-35-31)4-3-20-7-10-40-11-8-20)37-30(39)2-1-9-38-17-28-29(18-38)42-13-12-41-28/h1-2,5-6,14-16,19-20,28-29H,7-13,17-18H2,(H,37,39)(H,34,35,36). The van der Waals surface area contributed by atoms with E-state index in [0.29, 0.717) is 66.6 Å². The minimum absolute atomic E-state index is 0.00322. The van der Waals surface area contributed by atoms with E-state index in [9.17, 15) is 9.18 Å². The van der Waals surface area contributed by atoms with Gasteiger partial charge < -0.3 is 24.8 Å². The Morgan fingerprint density at radius 3 is 2.64 bits per heavy atom. The molecule has 11 heteroatoms. The summed E-state index contributed by atoms with van der Waals surface area (Å²) in [6, 6.07) is 8.00. The lowest BCUT2D eigenvalue weighted by Crippen LogP contribution is -2.36. The summed E-state index contributed by atoms with van der Waals surface area (Å²) >= 11 is 5.98. The van der Waals surface area contributed by atoms with Gasteiger partial charge in [-0.1, -0.05) is 29.5 Å². The second kappa shape index (κ2) is 13.2. The number of carbonyl (C=O) groups excluding carboxylic acids is 1. The van der Waals surface area contributed by atoms with E-state index in [1.54, 1.807) is 6.07 Å². The fraction of sp³-hybridized carbons (Fsp3) is 0.387. The first kappa shape index (κ1) is 28.5. The second-order valence-corrected chi connectivity index (χ2v) is 10.9. The molecule has 2 atom stereocenters. The summed E-state index contributed by atoms with van der Waals surface area (Å²) in [6.07, 6.45) is 6.74. The van der Waals surface area contributed by atoms with E-state index in [4.69, 9.17) is 25.8 Å². The zero-order valence-electron chi connectivity index (χ0n) is 22.9. The molecule has 1 aromatic heterocycles. The number of fused-ring (bicyclic) bond motifs is 2. The van der Waals surface area contributed by atoms with Crippen molar-refractivity contribution in [3.8, 4) is 11.8 Å². The van der Waals surface area contributed by atoms with Gasteiger partial charge in [0.1, 0.15) is 18.0 Å². The number of hydrogen-bond acceptors (Lipinski definition) is 8. The van der Waals surface area contributed by atoms with Crippen LogP contribution < -0.4 is 10.6 Å². The van der Waals surface area contributed by atoms with Crippen LogP contribution in [-0.2, 0) is 19.0 Å². The molecule has 42 heavy (non-hydrogen) atoms. The molecule has 2 unspecified atom stereocenters. The number of nitrogens with one attached hydrogen (secondary N) is 2. The molecule has 9 nitrogen and oxygen atoms in total. The molecular weight excluding hydrogens is 561 g/mol. The third kappa shape index (κ3) is 6.89. The first-order valence-electron chi connectivity index (χ1n) is 14.0. The van der Waals surface area contributed by atoms with Crippen molar-refractivity contribution in [2.24, 2.45) is 5.92 Å². The van der Waals surface area contributed by atoms with E-state index < -0.39 is 5.82 Å². The van der Waals surface area contributed by atoms with Crippen molar-refractivity contribution in [2.75, 3.05) is 56.7 Å². The van der Waals surface area contributed by atoms with Gasteiger partial charge in [-0.25, -0.2) is 14.4 Å². The van der Waals surface area contributed by atoms with Gasteiger partial charge in [-0.2, -0.15) is 0 Å². The van der Waals surface area contributed by atoms with Crippen LogP contribution in [0.15, 0.2) is 48.8 Å². The van der Waals surface area contributed by atoms with Crippen LogP contribution in [0.5, 0.6) is 0 Å². The van der Waals surface area contributed by atoms with Crippen molar-refractivity contribution in [3.05, 3.63) is 65.2 Å². The molecule has 2 N–H and O–H groups in total. The van der Waals surface area contributed by atoms with E-state index in [1.807, 2.05) is 18.2 Å². The molecule has 218 valence electrons. The predicted octanol–water partition coefficient (Wildman–Crippen LogP) is 4.54. The van der Waals surface area contributed by atoms with Crippen LogP contribution in [-0.4, -0.2) is 79.0 Å². The van der Waals surface area contributed by atoms with Crippen LogP contribution in [0, 0.1) is 23.6 Å². The highest BCUT2D eigenvalue weighted by molar-refractivity contribution is 6.31. The molecule has 4 heterocycles. The quantitative estimate of drug-likeness (QED) is 0.319. The minimum Gasteiger partial charge on any atom is -0.381 e. The Morgan fingerprint density at radius 1 is 1.10 bits per heavy atom. The van der Waals surface area contributed by atoms with Crippen LogP contribution in [0.4, 0.5) is 21.6 Å². The minimum atomic E-state index is -0.509. The van der Waals surface area contributed by atoms with Crippen molar-refractivity contribution in [1.82, 2.24) is 14.9 Å². The summed E-state index contributed by atoms with van der Waals surface area (Å²) in [7, 11) is 0. The summed E-state index contributed by atoms with van der Waals surface area (Å²) in [6.45, 7) is 4.81. The summed E-state index contributed by atoms with van der Waals surface area (Å²) < 4.78 is 30.7. The van der Waals surface area contributed by atoms with Crippen LogP contribution in [0.3, 0.4) is 0 Å². The molecule has 3 aliphatic heterocycles. The van der Waals surface area contributed by atoms with E-state index in [-0.39, 0.29) is 29.1 Å². The number of rotatable bonds is 6. The number of anilines is 3. The number of carbonyl (C=O) groups is 1. The average molecular weight is 592 g/mol. The van der Waals surface area contributed by atoms with Gasteiger partial charge in [0.15, 0.2) is 0 Å². The predicted molar refractivity (Wildman–Crippen MR) is 158 cm³/mol. The fourth-order valence-electron chi connectivity index (χ4n) is 5.31. The maximum atomic E-state index is 13.7. The monoisotopic (exact) mass is 591 g/mol. The molecule has 3 fully saturated rings. The Kier molecular flexibility index (Phi) is 8.93. The highest BCUT2D eigenvalue weighted by Crippen LogP contribution is 2.30. The van der Waals surface area contributed by atoms with Crippen molar-refractivity contribution in [2.45, 2.75) is 25.0 Å². The summed E-state index contributed by atoms with van der Waals surface area (Å²) in [5.74, 6) is 6.54. The van der Waals surface area contributed by atoms with Crippen molar-refractivity contribution >= 4 is 45.6 Å². The van der Waals surface area contributed by atoms with Gasteiger partial charge in [0.25, 0.3) is 0 Å². The van der Waals surface area contributed by atoms with Crippen molar-refractivity contribution in [3.63, 3.8) is 0 Å². The van der Waals surface area contributed by atoms with Gasteiger partial charge in [-0.15, -0.1) is 0 Å². The molecule has 0 radical (unpaired) electrons. The maximum Gasteiger partial charge on any atom is 0.248 e. The van der Waals surface area contributed by atoms with Gasteiger partial charge in [0.2, 0.25) is 5.91 Å². The number of benzene rings is 2. The number of hydrogen-bond donors (Lipinski definition) is 2. The van der Waals surface area contributed by atoms with E-state index >= 15 is 0 Å². The molecule has 0 bridgehead atoms. The average Bonchev–Trinajstić information content (AvgIpc) is 3.42. The summed E-state index contributed by atoms with van der Waals surface area (Å²) in [5.41, 5.74) is 2.41. The molecule has 0 aliphatic carbocycles. The number of likely N-dealkylation sites (tertiary alicyclic amines) is 1. The smallest absolute Gasteiger partial charge is 0.248 e. The van der Waals surface area contributed by atoms with Crippen LogP contribution in [0.2, 0.25) is 5.02 Å². The Balaban J connectivity index is 1.24. The van der Waals surface area contributed by atoms with E-state index in [0.717, 1.165) is 25.9 Å². The molecule has 3 aliphatic rings. The Bertz CT molecular complexity index is 1540. The normalized spacial score (nSPS) is 21.2. The molecule has 0 saturated carbocycles.